The zero-order valence-electron chi connectivity index (χ0n) is 12.9. The predicted octanol–water partition coefficient (Wildman–Crippen LogP) is 0.286. The predicted molar refractivity (Wildman–Crippen MR) is 80.2 cm³/mol. The summed E-state index contributed by atoms with van der Waals surface area (Å²) < 4.78 is 10.6. The summed E-state index contributed by atoms with van der Waals surface area (Å²) in [6.45, 7) is 4.92. The van der Waals surface area contributed by atoms with Crippen LogP contribution in [0.15, 0.2) is 12.2 Å². The molecule has 0 unspecified atom stereocenters. The number of nitrogens with zero attached hydrogens (tertiary/aromatic N) is 2. The van der Waals surface area contributed by atoms with Gasteiger partial charge in [0, 0.05) is 26.2 Å². The fraction of sp³-hybridized carbons (Fsp3) is 0.750. The summed E-state index contributed by atoms with van der Waals surface area (Å²) in [5.41, 5.74) is 0. The molecule has 2 heterocycles. The summed E-state index contributed by atoms with van der Waals surface area (Å²) in [5.74, 6) is -0.226. The van der Waals surface area contributed by atoms with Gasteiger partial charge in [-0.25, -0.2) is 0 Å². The molecule has 2 atom stereocenters. The average molecular weight is 308 g/mol. The van der Waals surface area contributed by atoms with Gasteiger partial charge in [-0.1, -0.05) is 12.2 Å². The highest BCUT2D eigenvalue weighted by Crippen LogP contribution is 2.29. The van der Waals surface area contributed by atoms with E-state index in [1.54, 1.807) is 0 Å². The zero-order chi connectivity index (χ0) is 15.4. The van der Waals surface area contributed by atoms with Crippen LogP contribution in [0.4, 0.5) is 0 Å². The van der Waals surface area contributed by atoms with Crippen molar-refractivity contribution in [1.82, 2.24) is 9.80 Å². The van der Waals surface area contributed by atoms with E-state index < -0.39 is 0 Å². The van der Waals surface area contributed by atoms with Gasteiger partial charge in [0.15, 0.2) is 0 Å². The van der Waals surface area contributed by atoms with Gasteiger partial charge in [0.05, 0.1) is 38.3 Å². The Labute approximate surface area is 131 Å². The number of hydrogen-bond donors (Lipinski definition) is 0. The van der Waals surface area contributed by atoms with Crippen LogP contribution in [0.5, 0.6) is 0 Å². The summed E-state index contributed by atoms with van der Waals surface area (Å²) in [7, 11) is 0. The third kappa shape index (κ3) is 3.33. The second kappa shape index (κ2) is 7.24. The van der Waals surface area contributed by atoms with Gasteiger partial charge in [-0.2, -0.15) is 0 Å². The minimum Gasteiger partial charge on any atom is -0.378 e. The minimum atomic E-state index is -0.224. The van der Waals surface area contributed by atoms with Crippen LogP contribution in [-0.4, -0.2) is 74.2 Å². The number of ether oxygens (including phenoxy) is 2. The standard InChI is InChI=1S/C16H24N2O4/c19-15(17-5-9-21-10-6-17)13-3-1-2-4-14(13)16(20)18-7-11-22-12-8-18/h1-2,13-14H,3-12H2/t13-,14+. The van der Waals surface area contributed by atoms with E-state index in [0.717, 1.165) is 0 Å². The van der Waals surface area contributed by atoms with Crippen molar-refractivity contribution in [2.75, 3.05) is 52.6 Å². The molecule has 6 heteroatoms. The summed E-state index contributed by atoms with van der Waals surface area (Å²) in [6, 6.07) is 0. The van der Waals surface area contributed by atoms with Crippen LogP contribution in [0.1, 0.15) is 12.8 Å². The molecule has 2 saturated heterocycles. The summed E-state index contributed by atoms with van der Waals surface area (Å²) in [6.07, 6.45) is 5.39. The second-order valence-corrected chi connectivity index (χ2v) is 6.03. The first kappa shape index (κ1) is 15.5. The molecule has 2 amide bonds. The summed E-state index contributed by atoms with van der Waals surface area (Å²) in [4.78, 5) is 29.3. The van der Waals surface area contributed by atoms with Gasteiger partial charge in [-0.05, 0) is 12.8 Å². The largest absolute Gasteiger partial charge is 0.378 e. The lowest BCUT2D eigenvalue weighted by atomic mass is 9.81. The van der Waals surface area contributed by atoms with Crippen LogP contribution in [0.25, 0.3) is 0 Å². The molecule has 6 nitrogen and oxygen atoms in total. The van der Waals surface area contributed by atoms with Crippen molar-refractivity contribution in [3.8, 4) is 0 Å². The van der Waals surface area contributed by atoms with Crippen LogP contribution in [0.2, 0.25) is 0 Å². The van der Waals surface area contributed by atoms with E-state index in [2.05, 4.69) is 0 Å². The summed E-state index contributed by atoms with van der Waals surface area (Å²) in [5, 5.41) is 0. The molecule has 0 N–H and O–H groups in total. The molecule has 0 saturated carbocycles. The molecule has 2 aliphatic heterocycles. The number of morpholine rings is 2. The maximum absolute atomic E-state index is 12.8. The minimum absolute atomic E-state index is 0.110. The van der Waals surface area contributed by atoms with E-state index in [1.807, 2.05) is 22.0 Å². The Kier molecular flexibility index (Phi) is 5.10. The first-order valence-electron chi connectivity index (χ1n) is 8.15. The Morgan fingerprint density at radius 2 is 1.09 bits per heavy atom. The molecule has 22 heavy (non-hydrogen) atoms. The second-order valence-electron chi connectivity index (χ2n) is 6.03. The van der Waals surface area contributed by atoms with Crippen molar-refractivity contribution in [1.29, 1.82) is 0 Å². The number of carbonyl (C=O) groups excluding carboxylic acids is 2. The van der Waals surface area contributed by atoms with Gasteiger partial charge in [0.2, 0.25) is 11.8 Å². The van der Waals surface area contributed by atoms with Crippen LogP contribution < -0.4 is 0 Å². The van der Waals surface area contributed by atoms with E-state index in [1.165, 1.54) is 0 Å². The van der Waals surface area contributed by atoms with Crippen LogP contribution in [-0.2, 0) is 19.1 Å². The highest BCUT2D eigenvalue weighted by molar-refractivity contribution is 5.88. The van der Waals surface area contributed by atoms with Crippen molar-refractivity contribution in [3.05, 3.63) is 12.2 Å². The smallest absolute Gasteiger partial charge is 0.226 e. The van der Waals surface area contributed by atoms with Crippen molar-refractivity contribution < 1.29 is 19.1 Å². The Morgan fingerprint density at radius 1 is 0.727 bits per heavy atom. The molecule has 3 aliphatic rings. The van der Waals surface area contributed by atoms with Gasteiger partial charge in [-0.15, -0.1) is 0 Å². The fourth-order valence-electron chi connectivity index (χ4n) is 3.40. The van der Waals surface area contributed by atoms with E-state index in [0.29, 0.717) is 65.4 Å². The Bertz CT molecular complexity index is 399. The third-order valence-corrected chi connectivity index (χ3v) is 4.71. The Hall–Kier alpha value is -1.40. The molecule has 2 fully saturated rings. The lowest BCUT2D eigenvalue weighted by Gasteiger charge is -2.37. The van der Waals surface area contributed by atoms with Crippen molar-refractivity contribution in [2.24, 2.45) is 11.8 Å². The van der Waals surface area contributed by atoms with Gasteiger partial charge in [0.25, 0.3) is 0 Å². The maximum atomic E-state index is 12.8. The lowest BCUT2D eigenvalue weighted by Crippen LogP contribution is -2.50. The van der Waals surface area contributed by atoms with Crippen molar-refractivity contribution >= 4 is 11.8 Å². The van der Waals surface area contributed by atoms with Crippen molar-refractivity contribution in [3.63, 3.8) is 0 Å². The zero-order valence-corrected chi connectivity index (χ0v) is 12.9. The first-order valence-corrected chi connectivity index (χ1v) is 8.15. The van der Waals surface area contributed by atoms with E-state index in [4.69, 9.17) is 9.47 Å². The molecular formula is C16H24N2O4. The molecule has 0 aromatic carbocycles. The van der Waals surface area contributed by atoms with Gasteiger partial charge < -0.3 is 19.3 Å². The highest BCUT2D eigenvalue weighted by atomic mass is 16.5. The monoisotopic (exact) mass is 308 g/mol. The molecule has 0 aromatic rings. The van der Waals surface area contributed by atoms with Gasteiger partial charge >= 0.3 is 0 Å². The SMILES string of the molecule is O=C([C@H]1CC=CC[C@H]1C(=O)N1CCOCC1)N1CCOCC1. The third-order valence-electron chi connectivity index (χ3n) is 4.71. The van der Waals surface area contributed by atoms with Crippen molar-refractivity contribution in [2.45, 2.75) is 12.8 Å². The molecule has 0 spiro atoms. The molecule has 0 radical (unpaired) electrons. The van der Waals surface area contributed by atoms with Gasteiger partial charge in [-0.3, -0.25) is 9.59 Å². The topological polar surface area (TPSA) is 59.1 Å². The molecular weight excluding hydrogens is 284 g/mol. The molecule has 0 aromatic heterocycles. The van der Waals surface area contributed by atoms with Crippen LogP contribution in [0.3, 0.4) is 0 Å². The van der Waals surface area contributed by atoms with E-state index >= 15 is 0 Å². The Balaban J connectivity index is 1.68. The van der Waals surface area contributed by atoms with Gasteiger partial charge in [0.1, 0.15) is 0 Å². The van der Waals surface area contributed by atoms with E-state index in [9.17, 15) is 9.59 Å². The molecule has 0 bridgehead atoms. The van der Waals surface area contributed by atoms with Crippen LogP contribution >= 0.6 is 0 Å². The Morgan fingerprint density at radius 3 is 1.45 bits per heavy atom. The summed E-state index contributed by atoms with van der Waals surface area (Å²) >= 11 is 0. The van der Waals surface area contributed by atoms with Crippen LogP contribution in [0, 0.1) is 11.8 Å². The number of hydrogen-bond acceptors (Lipinski definition) is 4. The quantitative estimate of drug-likeness (QED) is 0.688. The number of allylic oxidation sites excluding steroid dienone is 2. The normalized spacial score (nSPS) is 29.5. The van der Waals surface area contributed by atoms with E-state index in [-0.39, 0.29) is 23.7 Å². The number of carbonyl (C=O) groups is 2. The lowest BCUT2D eigenvalue weighted by molar-refractivity contribution is -0.150. The first-order chi connectivity index (χ1) is 10.8. The molecule has 1 aliphatic carbocycles. The number of amides is 2. The highest BCUT2D eigenvalue weighted by Gasteiger charge is 2.38. The maximum Gasteiger partial charge on any atom is 0.226 e. The average Bonchev–Trinajstić information content (AvgIpc) is 2.62. The fourth-order valence-corrected chi connectivity index (χ4v) is 3.40. The number of rotatable bonds is 2. The molecule has 3 rings (SSSR count). The molecule has 122 valence electrons.